The molecule has 3 aromatic rings. The zero-order chi connectivity index (χ0) is 19.0. The molecule has 2 N–H and O–H groups in total. The summed E-state index contributed by atoms with van der Waals surface area (Å²) in [6.45, 7) is 4.89. The number of imidazole rings is 1. The Hall–Kier alpha value is -2.44. The van der Waals surface area contributed by atoms with Crippen LogP contribution in [0.4, 0.5) is 0 Å². The van der Waals surface area contributed by atoms with Crippen molar-refractivity contribution in [2.24, 2.45) is 18.7 Å². The Morgan fingerprint density at radius 3 is 2.74 bits per heavy atom. The molecule has 0 amide bonds. The Kier molecular flexibility index (Phi) is 4.85. The third-order valence-electron chi connectivity index (χ3n) is 5.45. The molecule has 1 fully saturated rings. The van der Waals surface area contributed by atoms with E-state index < -0.39 is 0 Å². The summed E-state index contributed by atoms with van der Waals surface area (Å²) in [6, 6.07) is 8.18. The number of rotatable bonds is 4. The minimum absolute atomic E-state index is 0.0243. The molecule has 27 heavy (non-hydrogen) atoms. The van der Waals surface area contributed by atoms with Crippen molar-refractivity contribution in [3.05, 3.63) is 51.9 Å². The maximum Gasteiger partial charge on any atom is 0.253 e. The summed E-state index contributed by atoms with van der Waals surface area (Å²) in [6.07, 6.45) is 4.00. The van der Waals surface area contributed by atoms with Crippen LogP contribution in [0.5, 0.6) is 0 Å². The SMILES string of the molecule is Cc1cc(-c2nc3cc(CN)ccc3n2CC2CCOCC2)cn(C)c1=O. The van der Waals surface area contributed by atoms with Gasteiger partial charge in [-0.15, -0.1) is 0 Å². The molecule has 0 bridgehead atoms. The number of nitrogens with zero attached hydrogens (tertiary/aromatic N) is 3. The molecule has 0 unspecified atom stereocenters. The van der Waals surface area contributed by atoms with Crippen LogP contribution in [0.2, 0.25) is 0 Å². The second-order valence-electron chi connectivity index (χ2n) is 7.46. The lowest BCUT2D eigenvalue weighted by Gasteiger charge is -2.23. The van der Waals surface area contributed by atoms with Gasteiger partial charge in [0.25, 0.3) is 5.56 Å². The van der Waals surface area contributed by atoms with Crippen LogP contribution in [0.25, 0.3) is 22.4 Å². The first-order valence-corrected chi connectivity index (χ1v) is 9.51. The van der Waals surface area contributed by atoms with E-state index in [0.717, 1.165) is 66.1 Å². The molecule has 142 valence electrons. The highest BCUT2D eigenvalue weighted by Crippen LogP contribution is 2.28. The number of benzene rings is 1. The Morgan fingerprint density at radius 1 is 1.26 bits per heavy atom. The quantitative estimate of drug-likeness (QED) is 0.770. The zero-order valence-corrected chi connectivity index (χ0v) is 15.9. The van der Waals surface area contributed by atoms with Crippen molar-refractivity contribution in [1.82, 2.24) is 14.1 Å². The minimum atomic E-state index is 0.0243. The fraction of sp³-hybridized carbons (Fsp3) is 0.429. The number of hydrogen-bond donors (Lipinski definition) is 1. The van der Waals surface area contributed by atoms with E-state index >= 15 is 0 Å². The fourth-order valence-corrected chi connectivity index (χ4v) is 3.89. The van der Waals surface area contributed by atoms with Gasteiger partial charge in [-0.3, -0.25) is 4.79 Å². The molecule has 0 spiro atoms. The summed E-state index contributed by atoms with van der Waals surface area (Å²) in [7, 11) is 1.79. The average Bonchev–Trinajstić information content (AvgIpc) is 3.04. The van der Waals surface area contributed by atoms with Gasteiger partial charge in [-0.05, 0) is 49.4 Å². The molecule has 0 aliphatic carbocycles. The summed E-state index contributed by atoms with van der Waals surface area (Å²) in [5.74, 6) is 1.47. The Morgan fingerprint density at radius 2 is 2.04 bits per heavy atom. The topological polar surface area (TPSA) is 75.1 Å². The second kappa shape index (κ2) is 7.29. The highest BCUT2D eigenvalue weighted by molar-refractivity contribution is 5.81. The summed E-state index contributed by atoms with van der Waals surface area (Å²) in [5, 5.41) is 0. The van der Waals surface area contributed by atoms with Gasteiger partial charge in [-0.2, -0.15) is 0 Å². The van der Waals surface area contributed by atoms with E-state index in [1.807, 2.05) is 19.2 Å². The molecule has 0 radical (unpaired) electrons. The fourth-order valence-electron chi connectivity index (χ4n) is 3.89. The summed E-state index contributed by atoms with van der Waals surface area (Å²) < 4.78 is 9.45. The first-order valence-electron chi connectivity index (χ1n) is 9.51. The number of fused-ring (bicyclic) bond motifs is 1. The maximum atomic E-state index is 12.1. The number of nitrogens with two attached hydrogens (primary N) is 1. The minimum Gasteiger partial charge on any atom is -0.381 e. The van der Waals surface area contributed by atoms with Crippen molar-refractivity contribution in [3.8, 4) is 11.4 Å². The normalized spacial score (nSPS) is 15.5. The van der Waals surface area contributed by atoms with Gasteiger partial charge in [-0.25, -0.2) is 4.98 Å². The molecule has 6 heteroatoms. The van der Waals surface area contributed by atoms with Gasteiger partial charge in [-0.1, -0.05) is 6.07 Å². The number of aromatic nitrogens is 3. The van der Waals surface area contributed by atoms with Gasteiger partial charge in [0.15, 0.2) is 0 Å². The first kappa shape index (κ1) is 17.9. The average molecular weight is 366 g/mol. The third kappa shape index (κ3) is 3.42. The highest BCUT2D eigenvalue weighted by atomic mass is 16.5. The predicted octanol–water partition coefficient (Wildman–Crippen LogP) is 2.60. The van der Waals surface area contributed by atoms with Crippen LogP contribution in [0.15, 0.2) is 35.3 Å². The third-order valence-corrected chi connectivity index (χ3v) is 5.45. The Balaban J connectivity index is 1.87. The summed E-state index contributed by atoms with van der Waals surface area (Å²) >= 11 is 0. The molecule has 0 atom stereocenters. The molecular formula is C21H26N4O2. The van der Waals surface area contributed by atoms with Crippen LogP contribution in [0.3, 0.4) is 0 Å². The van der Waals surface area contributed by atoms with Gasteiger partial charge in [0.1, 0.15) is 5.82 Å². The van der Waals surface area contributed by atoms with Crippen molar-refractivity contribution in [2.45, 2.75) is 32.9 Å². The number of ether oxygens (including phenoxy) is 1. The van der Waals surface area contributed by atoms with Gasteiger partial charge >= 0.3 is 0 Å². The number of pyridine rings is 1. The summed E-state index contributed by atoms with van der Waals surface area (Å²) in [5.41, 5.74) is 10.7. The van der Waals surface area contributed by atoms with Gasteiger partial charge in [0, 0.05) is 50.7 Å². The van der Waals surface area contributed by atoms with E-state index in [4.69, 9.17) is 15.5 Å². The lowest BCUT2D eigenvalue weighted by molar-refractivity contribution is 0.0617. The number of aryl methyl sites for hydroxylation is 2. The lowest BCUT2D eigenvalue weighted by Crippen LogP contribution is -2.21. The lowest BCUT2D eigenvalue weighted by atomic mass is 10.00. The molecule has 6 nitrogen and oxygen atoms in total. The van der Waals surface area contributed by atoms with Crippen LogP contribution in [-0.4, -0.2) is 27.3 Å². The van der Waals surface area contributed by atoms with Crippen LogP contribution in [-0.2, 0) is 24.9 Å². The van der Waals surface area contributed by atoms with Crippen molar-refractivity contribution in [3.63, 3.8) is 0 Å². The van der Waals surface area contributed by atoms with E-state index in [1.54, 1.807) is 11.6 Å². The van der Waals surface area contributed by atoms with E-state index in [-0.39, 0.29) is 5.56 Å². The van der Waals surface area contributed by atoms with E-state index in [0.29, 0.717) is 12.5 Å². The van der Waals surface area contributed by atoms with Crippen molar-refractivity contribution < 1.29 is 4.74 Å². The van der Waals surface area contributed by atoms with Crippen molar-refractivity contribution >= 4 is 11.0 Å². The highest BCUT2D eigenvalue weighted by Gasteiger charge is 2.20. The maximum absolute atomic E-state index is 12.1. The Labute approximate surface area is 158 Å². The molecule has 1 aromatic carbocycles. The monoisotopic (exact) mass is 366 g/mol. The number of hydrogen-bond acceptors (Lipinski definition) is 4. The molecular weight excluding hydrogens is 340 g/mol. The second-order valence-corrected chi connectivity index (χ2v) is 7.46. The van der Waals surface area contributed by atoms with Gasteiger partial charge in [0.2, 0.25) is 0 Å². The molecule has 2 aromatic heterocycles. The molecule has 4 rings (SSSR count). The van der Waals surface area contributed by atoms with Crippen molar-refractivity contribution in [2.75, 3.05) is 13.2 Å². The molecule has 1 aliphatic rings. The van der Waals surface area contributed by atoms with E-state index in [9.17, 15) is 4.79 Å². The predicted molar refractivity (Wildman–Crippen MR) is 107 cm³/mol. The standard InChI is InChI=1S/C21H26N4O2/c1-14-9-17(13-24(2)21(14)26)20-23-18-10-16(11-22)3-4-19(18)25(20)12-15-5-7-27-8-6-15/h3-4,9-10,13,15H,5-8,11-12,22H2,1-2H3. The Bertz CT molecular complexity index is 1000. The van der Waals surface area contributed by atoms with Crippen LogP contribution >= 0.6 is 0 Å². The largest absolute Gasteiger partial charge is 0.381 e. The van der Waals surface area contributed by atoms with Gasteiger partial charge in [0.05, 0.1) is 11.0 Å². The van der Waals surface area contributed by atoms with Crippen molar-refractivity contribution in [1.29, 1.82) is 0 Å². The van der Waals surface area contributed by atoms with Crippen LogP contribution in [0.1, 0.15) is 24.0 Å². The van der Waals surface area contributed by atoms with Crippen LogP contribution < -0.4 is 11.3 Å². The molecule has 1 saturated heterocycles. The van der Waals surface area contributed by atoms with E-state index in [2.05, 4.69) is 22.8 Å². The summed E-state index contributed by atoms with van der Waals surface area (Å²) in [4.78, 5) is 17.0. The van der Waals surface area contributed by atoms with Crippen LogP contribution in [0, 0.1) is 12.8 Å². The smallest absolute Gasteiger partial charge is 0.253 e. The zero-order valence-electron chi connectivity index (χ0n) is 15.9. The first-order chi connectivity index (χ1) is 13.1. The van der Waals surface area contributed by atoms with E-state index in [1.165, 1.54) is 0 Å². The molecule has 0 saturated carbocycles. The molecule has 1 aliphatic heterocycles. The van der Waals surface area contributed by atoms with Gasteiger partial charge < -0.3 is 19.6 Å². The molecule has 3 heterocycles.